The van der Waals surface area contributed by atoms with Gasteiger partial charge in [0, 0.05) is 31.6 Å². The molecular formula is C31H48Cl2F2N4O3S. The first kappa shape index (κ1) is 40.9. The van der Waals surface area contributed by atoms with Crippen molar-refractivity contribution >= 4 is 52.7 Å². The highest BCUT2D eigenvalue weighted by atomic mass is 35.5. The van der Waals surface area contributed by atoms with Crippen LogP contribution >= 0.6 is 23.2 Å². The van der Waals surface area contributed by atoms with E-state index < -0.39 is 22.6 Å². The van der Waals surface area contributed by atoms with Crippen LogP contribution in [0.25, 0.3) is 0 Å². The van der Waals surface area contributed by atoms with Crippen molar-refractivity contribution in [3.63, 3.8) is 0 Å². The van der Waals surface area contributed by atoms with Gasteiger partial charge in [0.25, 0.3) is 0 Å². The molecule has 7 nitrogen and oxygen atoms in total. The fourth-order valence-corrected chi connectivity index (χ4v) is 4.36. The van der Waals surface area contributed by atoms with Gasteiger partial charge in [0.15, 0.2) is 0 Å². The Kier molecular flexibility index (Phi) is 21.3. The molecule has 0 aromatic heterocycles. The van der Waals surface area contributed by atoms with E-state index in [0.717, 1.165) is 18.9 Å². The summed E-state index contributed by atoms with van der Waals surface area (Å²) < 4.78 is 36.9. The maximum Gasteiger partial charge on any atom is 0.211 e. The number of anilines is 1. The van der Waals surface area contributed by atoms with Crippen molar-refractivity contribution in [1.82, 2.24) is 10.6 Å². The Morgan fingerprint density at radius 1 is 1.07 bits per heavy atom. The van der Waals surface area contributed by atoms with Crippen molar-refractivity contribution in [2.24, 2.45) is 16.5 Å². The number of benzene rings is 2. The Morgan fingerprint density at radius 3 is 2.19 bits per heavy atom. The van der Waals surface area contributed by atoms with Gasteiger partial charge in [-0.1, -0.05) is 95.6 Å². The molecule has 0 bridgehead atoms. The Bertz CT molecular complexity index is 1120. The van der Waals surface area contributed by atoms with E-state index in [4.69, 9.17) is 23.2 Å². The lowest BCUT2D eigenvalue weighted by Crippen LogP contribution is -2.21. The maximum absolute atomic E-state index is 14.0. The van der Waals surface area contributed by atoms with Gasteiger partial charge < -0.3 is 16.0 Å². The number of amides is 2. The highest BCUT2D eigenvalue weighted by Crippen LogP contribution is 2.27. The lowest BCUT2D eigenvalue weighted by atomic mass is 10.0. The van der Waals surface area contributed by atoms with Gasteiger partial charge in [0.2, 0.25) is 12.8 Å². The first-order chi connectivity index (χ1) is 20.1. The van der Waals surface area contributed by atoms with Crippen LogP contribution in [-0.4, -0.2) is 36.4 Å². The number of hydrogen-bond donors (Lipinski definition) is 4. The average Bonchev–Trinajstić information content (AvgIpc) is 3.41. The van der Waals surface area contributed by atoms with Gasteiger partial charge in [-0.15, -0.1) is 0 Å². The molecule has 43 heavy (non-hydrogen) atoms. The summed E-state index contributed by atoms with van der Waals surface area (Å²) in [5, 5.41) is 12.9. The molecule has 0 radical (unpaired) electrons. The topological polar surface area (TPSA) is 113 Å². The number of halogens is 4. The van der Waals surface area contributed by atoms with Crippen LogP contribution in [0.1, 0.15) is 83.8 Å². The normalized spacial score (nSPS) is 14.0. The van der Waals surface area contributed by atoms with Gasteiger partial charge in [-0.2, -0.15) is 0 Å². The molecule has 1 fully saturated rings. The molecule has 12 heteroatoms. The second-order valence-corrected chi connectivity index (χ2v) is 13.7. The van der Waals surface area contributed by atoms with E-state index in [1.165, 1.54) is 56.6 Å². The molecule has 5 N–H and O–H groups in total. The molecule has 2 aromatic carbocycles. The molecule has 2 amide bonds. The molecule has 244 valence electrons. The molecule has 0 aliphatic heterocycles. The number of rotatable bonds is 11. The zero-order valence-electron chi connectivity index (χ0n) is 26.1. The summed E-state index contributed by atoms with van der Waals surface area (Å²) in [4.78, 5) is 20.5. The fraction of sp³-hybridized carbons (Fsp3) is 0.548. The summed E-state index contributed by atoms with van der Waals surface area (Å²) in [6.45, 7) is 12.2. The minimum atomic E-state index is -1.11. The van der Waals surface area contributed by atoms with Gasteiger partial charge >= 0.3 is 0 Å². The van der Waals surface area contributed by atoms with Crippen molar-refractivity contribution < 1.29 is 22.6 Å². The molecule has 3 rings (SSSR count). The third kappa shape index (κ3) is 20.5. The van der Waals surface area contributed by atoms with Gasteiger partial charge in [0.1, 0.15) is 11.6 Å². The summed E-state index contributed by atoms with van der Waals surface area (Å²) in [5.41, 5.74) is 1.97. The predicted molar refractivity (Wildman–Crippen MR) is 177 cm³/mol. The van der Waals surface area contributed by atoms with Crippen LogP contribution in [0.5, 0.6) is 0 Å². The molecule has 0 spiro atoms. The van der Waals surface area contributed by atoms with Crippen LogP contribution in [0.15, 0.2) is 30.3 Å². The van der Waals surface area contributed by atoms with Crippen LogP contribution in [0.4, 0.5) is 14.5 Å². The first-order valence-electron chi connectivity index (χ1n) is 14.2. The van der Waals surface area contributed by atoms with Gasteiger partial charge in [0.05, 0.1) is 21.0 Å². The molecular weight excluding hydrogens is 617 g/mol. The summed E-state index contributed by atoms with van der Waals surface area (Å²) in [5.74, 6) is -0.246. The third-order valence-corrected chi connectivity index (χ3v) is 6.48. The Labute approximate surface area is 268 Å². The molecule has 0 heterocycles. The van der Waals surface area contributed by atoms with Crippen molar-refractivity contribution in [3.05, 3.63) is 63.1 Å². The monoisotopic (exact) mass is 664 g/mol. The van der Waals surface area contributed by atoms with Crippen molar-refractivity contribution in [2.45, 2.75) is 79.2 Å². The maximum atomic E-state index is 14.0. The molecule has 1 saturated carbocycles. The molecule has 2 atom stereocenters. The van der Waals surface area contributed by atoms with E-state index in [-0.39, 0.29) is 22.5 Å². The molecule has 0 saturated heterocycles. The molecule has 2 unspecified atom stereocenters. The quantitative estimate of drug-likeness (QED) is 0.149. The minimum absolute atomic E-state index is 0.0718. The Hall–Kier alpha value is -2.11. The highest BCUT2D eigenvalue weighted by Gasteiger charge is 2.15. The van der Waals surface area contributed by atoms with Crippen molar-refractivity contribution in [1.29, 1.82) is 0 Å². The largest absolute Gasteiger partial charge is 0.359 e. The van der Waals surface area contributed by atoms with E-state index in [1.807, 2.05) is 6.92 Å². The lowest BCUT2D eigenvalue weighted by molar-refractivity contribution is -0.109. The summed E-state index contributed by atoms with van der Waals surface area (Å²) in [6, 6.07) is 7.47. The second kappa shape index (κ2) is 22.4. The number of nitrogens with one attached hydrogen (secondary N) is 3. The standard InChI is InChI=1S/C17H16Cl2F2N2O.C8H15NO.C5H12.CH5NOS/c1-10(12-3-2-4-13(18)17(12)21)7-22-8-11-5-15(20)14(19)6-16(11)23-9-24;10-7-9-6-5-8-3-1-2-4-8;1-5(2,3)4;1-4(2)3/h2-6,9-10,22H,7-8H2,1H3,(H,23,24);7-8H,1-6H2,(H,9,10);1-4H3;2H2,1H3. The zero-order chi connectivity index (χ0) is 33.0. The lowest BCUT2D eigenvalue weighted by Gasteiger charge is -2.16. The van der Waals surface area contributed by atoms with Crippen molar-refractivity contribution in [3.8, 4) is 0 Å². The van der Waals surface area contributed by atoms with E-state index in [9.17, 15) is 22.6 Å². The highest BCUT2D eigenvalue weighted by molar-refractivity contribution is 7.81. The summed E-state index contributed by atoms with van der Waals surface area (Å²) in [6.07, 6.45) is 9.42. The second-order valence-electron chi connectivity index (χ2n) is 11.9. The van der Waals surface area contributed by atoms with Crippen LogP contribution in [-0.2, 0) is 27.1 Å². The SMILES string of the molecule is CC(C)(C)C.CC(CNCc1cc(F)c(Cl)cc1NC=O)c1cccc(Cl)c1F.CS(N)=O.O=CNCCC1CCCC1. The van der Waals surface area contributed by atoms with Gasteiger partial charge in [-0.05, 0) is 53.0 Å². The van der Waals surface area contributed by atoms with Crippen LogP contribution in [0.3, 0.4) is 0 Å². The van der Waals surface area contributed by atoms with Crippen LogP contribution < -0.4 is 21.1 Å². The van der Waals surface area contributed by atoms with E-state index in [0.29, 0.717) is 35.2 Å². The van der Waals surface area contributed by atoms with Crippen LogP contribution in [0.2, 0.25) is 10.0 Å². The Morgan fingerprint density at radius 2 is 1.65 bits per heavy atom. The molecule has 1 aliphatic carbocycles. The van der Waals surface area contributed by atoms with Gasteiger partial charge in [-0.25, -0.2) is 13.0 Å². The third-order valence-electron chi connectivity index (χ3n) is 5.89. The smallest absolute Gasteiger partial charge is 0.211 e. The van der Waals surface area contributed by atoms with Crippen molar-refractivity contribution in [2.75, 3.05) is 24.7 Å². The average molecular weight is 666 g/mol. The van der Waals surface area contributed by atoms with E-state index in [2.05, 4.69) is 48.8 Å². The molecule has 2 aromatic rings. The van der Waals surface area contributed by atoms with Gasteiger partial charge in [-0.3, -0.25) is 14.7 Å². The number of carbonyl (C=O) groups excluding carboxylic acids is 2. The zero-order valence-corrected chi connectivity index (χ0v) is 28.4. The summed E-state index contributed by atoms with van der Waals surface area (Å²) in [7, 11) is -1.11. The minimum Gasteiger partial charge on any atom is -0.359 e. The number of hydrogen-bond acceptors (Lipinski definition) is 4. The number of nitrogens with two attached hydrogens (primary N) is 1. The fourth-order valence-electron chi connectivity index (χ4n) is 4.01. The van der Waals surface area contributed by atoms with E-state index in [1.54, 1.807) is 12.1 Å². The molecule has 1 aliphatic rings. The Balaban J connectivity index is 0.000000756. The summed E-state index contributed by atoms with van der Waals surface area (Å²) >= 11 is 11.5. The van der Waals surface area contributed by atoms with Crippen LogP contribution in [0, 0.1) is 23.0 Å². The first-order valence-corrected chi connectivity index (χ1v) is 16.6. The van der Waals surface area contributed by atoms with E-state index >= 15 is 0 Å². The number of carbonyl (C=O) groups is 2. The predicted octanol–water partition coefficient (Wildman–Crippen LogP) is 7.34.